The number of benzene rings is 1. The van der Waals surface area contributed by atoms with Crippen LogP contribution in [0.2, 0.25) is 0 Å². The molecule has 0 aliphatic rings. The van der Waals surface area contributed by atoms with Crippen LogP contribution < -0.4 is 5.32 Å². The van der Waals surface area contributed by atoms with Crippen LogP contribution in [0.15, 0.2) is 23.1 Å². The van der Waals surface area contributed by atoms with Gasteiger partial charge in [-0.15, -0.1) is 0 Å². The fraction of sp³-hybridized carbons (Fsp3) is 0.500. The number of hydrogen-bond acceptors (Lipinski definition) is 5. The van der Waals surface area contributed by atoms with Crippen molar-refractivity contribution in [3.05, 3.63) is 28.3 Å². The second kappa shape index (κ2) is 6.67. The highest BCUT2D eigenvalue weighted by atomic mass is 32.2. The Hall–Kier alpha value is -1.67. The van der Waals surface area contributed by atoms with Crippen molar-refractivity contribution in [3.63, 3.8) is 0 Å². The van der Waals surface area contributed by atoms with Crippen LogP contribution in [-0.2, 0) is 10.0 Å². The van der Waals surface area contributed by atoms with Crippen molar-refractivity contribution in [1.29, 1.82) is 0 Å². The number of nitro groups is 1. The van der Waals surface area contributed by atoms with Crippen LogP contribution in [0, 0.1) is 10.1 Å². The van der Waals surface area contributed by atoms with Crippen molar-refractivity contribution in [1.82, 2.24) is 4.31 Å². The Kier molecular flexibility index (Phi) is 5.46. The highest BCUT2D eigenvalue weighted by Gasteiger charge is 2.24. The van der Waals surface area contributed by atoms with E-state index in [9.17, 15) is 18.5 Å². The fourth-order valence-corrected chi connectivity index (χ4v) is 3.06. The zero-order valence-corrected chi connectivity index (χ0v) is 12.6. The highest BCUT2D eigenvalue weighted by Crippen LogP contribution is 2.28. The summed E-state index contributed by atoms with van der Waals surface area (Å²) in [6, 6.07) is 3.90. The highest BCUT2D eigenvalue weighted by molar-refractivity contribution is 7.89. The molecule has 0 amide bonds. The molecule has 0 fully saturated rings. The molecule has 7 nitrogen and oxygen atoms in total. The minimum atomic E-state index is -3.69. The Labute approximate surface area is 118 Å². The lowest BCUT2D eigenvalue weighted by Crippen LogP contribution is -2.27. The molecule has 0 saturated heterocycles. The summed E-state index contributed by atoms with van der Waals surface area (Å²) in [7, 11) is -2.23. The normalized spacial score (nSPS) is 11.6. The van der Waals surface area contributed by atoms with Gasteiger partial charge >= 0.3 is 0 Å². The first-order valence-electron chi connectivity index (χ1n) is 6.33. The molecule has 0 aromatic heterocycles. The van der Waals surface area contributed by atoms with Crippen LogP contribution in [0.3, 0.4) is 0 Å². The molecule has 0 aliphatic heterocycles. The van der Waals surface area contributed by atoms with Crippen molar-refractivity contribution in [2.24, 2.45) is 0 Å². The predicted molar refractivity (Wildman–Crippen MR) is 77.4 cm³/mol. The summed E-state index contributed by atoms with van der Waals surface area (Å²) in [5, 5.41) is 13.9. The van der Waals surface area contributed by atoms with Gasteiger partial charge in [0.25, 0.3) is 5.69 Å². The summed E-state index contributed by atoms with van der Waals surface area (Å²) >= 11 is 0. The summed E-state index contributed by atoms with van der Waals surface area (Å²) in [4.78, 5) is 10.4. The van der Waals surface area contributed by atoms with E-state index in [4.69, 9.17) is 0 Å². The number of sulfonamides is 1. The van der Waals surface area contributed by atoms with Crippen molar-refractivity contribution in [2.45, 2.75) is 25.2 Å². The van der Waals surface area contributed by atoms with Crippen molar-refractivity contribution >= 4 is 21.4 Å². The van der Waals surface area contributed by atoms with Crippen LogP contribution in [0.5, 0.6) is 0 Å². The summed E-state index contributed by atoms with van der Waals surface area (Å²) in [6.45, 7) is 4.56. The van der Waals surface area contributed by atoms with E-state index < -0.39 is 14.9 Å². The Bertz CT molecular complexity index is 586. The number of nitrogens with zero attached hydrogens (tertiary/aromatic N) is 2. The third-order valence-electron chi connectivity index (χ3n) is 2.78. The van der Waals surface area contributed by atoms with E-state index in [2.05, 4.69) is 5.32 Å². The maximum Gasteiger partial charge on any atom is 0.293 e. The van der Waals surface area contributed by atoms with E-state index in [1.807, 2.05) is 13.8 Å². The zero-order valence-electron chi connectivity index (χ0n) is 11.8. The first kappa shape index (κ1) is 16.4. The average Bonchev–Trinajstić information content (AvgIpc) is 2.39. The molecule has 1 rings (SSSR count). The first-order valence-corrected chi connectivity index (χ1v) is 7.77. The quantitative estimate of drug-likeness (QED) is 0.614. The molecular weight excluding hydrogens is 282 g/mol. The van der Waals surface area contributed by atoms with Gasteiger partial charge in [-0.25, -0.2) is 12.7 Å². The third kappa shape index (κ3) is 3.45. The van der Waals surface area contributed by atoms with E-state index in [0.29, 0.717) is 25.2 Å². The van der Waals surface area contributed by atoms with Gasteiger partial charge in [0, 0.05) is 26.2 Å². The molecule has 1 aromatic rings. The van der Waals surface area contributed by atoms with Gasteiger partial charge in [-0.1, -0.05) is 6.92 Å². The monoisotopic (exact) mass is 301 g/mol. The van der Waals surface area contributed by atoms with Gasteiger partial charge in [-0.05, 0) is 25.5 Å². The van der Waals surface area contributed by atoms with Gasteiger partial charge in [0.05, 0.1) is 9.82 Å². The summed E-state index contributed by atoms with van der Waals surface area (Å²) < 4.78 is 25.7. The molecule has 112 valence electrons. The van der Waals surface area contributed by atoms with E-state index in [1.165, 1.54) is 23.5 Å². The zero-order chi connectivity index (χ0) is 15.3. The minimum absolute atomic E-state index is 0.0678. The average molecular weight is 301 g/mol. The molecule has 0 heterocycles. The molecular formula is C12H19N3O4S. The lowest BCUT2D eigenvalue weighted by atomic mass is 10.2. The Balaban J connectivity index is 3.27. The molecule has 0 unspecified atom stereocenters. The van der Waals surface area contributed by atoms with Crippen LogP contribution in [0.1, 0.15) is 20.3 Å². The third-order valence-corrected chi connectivity index (χ3v) is 4.63. The molecule has 1 N–H and O–H groups in total. The molecule has 0 saturated carbocycles. The van der Waals surface area contributed by atoms with Crippen molar-refractivity contribution in [3.8, 4) is 0 Å². The number of anilines is 1. The van der Waals surface area contributed by atoms with Crippen LogP contribution >= 0.6 is 0 Å². The van der Waals surface area contributed by atoms with E-state index in [1.54, 1.807) is 0 Å². The molecule has 0 aliphatic carbocycles. The van der Waals surface area contributed by atoms with E-state index in [-0.39, 0.29) is 10.6 Å². The Morgan fingerprint density at radius 3 is 2.50 bits per heavy atom. The summed E-state index contributed by atoms with van der Waals surface area (Å²) in [5.41, 5.74) is 0.0763. The standard InChI is InChI=1S/C12H19N3O4S/c1-4-8-14(3)20(18,19)10-6-7-11(13-5-2)12(9-10)15(16)17/h6-7,9,13H,4-5,8H2,1-3H3. The number of rotatable bonds is 7. The molecule has 0 radical (unpaired) electrons. The lowest BCUT2D eigenvalue weighted by molar-refractivity contribution is -0.384. The van der Waals surface area contributed by atoms with E-state index in [0.717, 1.165) is 6.07 Å². The van der Waals surface area contributed by atoms with Crippen molar-refractivity contribution in [2.75, 3.05) is 25.5 Å². The summed E-state index contributed by atoms with van der Waals surface area (Å²) in [5.74, 6) is 0. The molecule has 1 aromatic carbocycles. The maximum atomic E-state index is 12.2. The van der Waals surface area contributed by atoms with E-state index >= 15 is 0 Å². The van der Waals surface area contributed by atoms with Gasteiger partial charge in [0.15, 0.2) is 0 Å². The molecule has 0 atom stereocenters. The molecule has 0 bridgehead atoms. The van der Waals surface area contributed by atoms with Gasteiger partial charge in [-0.2, -0.15) is 0 Å². The second-order valence-corrected chi connectivity index (χ2v) is 6.34. The van der Waals surface area contributed by atoms with Gasteiger partial charge in [-0.3, -0.25) is 10.1 Å². The predicted octanol–water partition coefficient (Wildman–Crippen LogP) is 2.06. The fourth-order valence-electron chi connectivity index (χ4n) is 1.78. The van der Waals surface area contributed by atoms with Crippen LogP contribution in [0.25, 0.3) is 0 Å². The van der Waals surface area contributed by atoms with Crippen molar-refractivity contribution < 1.29 is 13.3 Å². The smallest absolute Gasteiger partial charge is 0.293 e. The Morgan fingerprint density at radius 1 is 1.35 bits per heavy atom. The number of nitrogens with one attached hydrogen (secondary N) is 1. The largest absolute Gasteiger partial charge is 0.380 e. The topological polar surface area (TPSA) is 92.6 Å². The minimum Gasteiger partial charge on any atom is -0.380 e. The number of nitro benzene ring substituents is 1. The number of hydrogen-bond donors (Lipinski definition) is 1. The van der Waals surface area contributed by atoms with Crippen LogP contribution in [-0.4, -0.2) is 37.8 Å². The lowest BCUT2D eigenvalue weighted by Gasteiger charge is -2.16. The maximum absolute atomic E-state index is 12.2. The molecule has 8 heteroatoms. The first-order chi connectivity index (χ1) is 9.34. The Morgan fingerprint density at radius 2 is 2.00 bits per heavy atom. The SMILES string of the molecule is CCCN(C)S(=O)(=O)c1ccc(NCC)c([N+](=O)[O-])c1. The summed E-state index contributed by atoms with van der Waals surface area (Å²) in [6.07, 6.45) is 0.674. The molecule has 20 heavy (non-hydrogen) atoms. The van der Waals surface area contributed by atoms with Crippen LogP contribution in [0.4, 0.5) is 11.4 Å². The van der Waals surface area contributed by atoms with Gasteiger partial charge in [0.1, 0.15) is 5.69 Å². The second-order valence-electron chi connectivity index (χ2n) is 4.29. The van der Waals surface area contributed by atoms with Gasteiger partial charge in [0.2, 0.25) is 10.0 Å². The van der Waals surface area contributed by atoms with Gasteiger partial charge < -0.3 is 5.32 Å². The molecule has 0 spiro atoms.